The van der Waals surface area contributed by atoms with Crippen molar-refractivity contribution in [2.75, 3.05) is 20.1 Å². The molecule has 3 aromatic carbocycles. The van der Waals surface area contributed by atoms with Crippen LogP contribution in [0.25, 0.3) is 33.1 Å². The average molecular weight is 489 g/mol. The second kappa shape index (κ2) is 7.87. The minimum atomic E-state index is -0.797. The summed E-state index contributed by atoms with van der Waals surface area (Å²) in [7, 11) is 0. The van der Waals surface area contributed by atoms with Gasteiger partial charge in [0, 0.05) is 17.5 Å². The molecule has 184 valence electrons. The molecule has 0 bridgehead atoms. The first kappa shape index (κ1) is 22.2. The lowest BCUT2D eigenvalue weighted by Crippen LogP contribution is -2.41. The predicted molar refractivity (Wildman–Crippen MR) is 129 cm³/mol. The second-order valence-electron chi connectivity index (χ2n) is 9.92. The maximum absolute atomic E-state index is 13.6. The number of amides is 1. The number of ether oxygens (including phenoxy) is 3. The number of benzene rings is 3. The fourth-order valence-electron chi connectivity index (χ4n) is 4.68. The van der Waals surface area contributed by atoms with Gasteiger partial charge in [0.25, 0.3) is 5.91 Å². The Balaban J connectivity index is 1.52. The fourth-order valence-corrected chi connectivity index (χ4v) is 4.68. The molecular formula is C27H23NO8. The third-order valence-electron chi connectivity index (χ3n) is 6.48. The van der Waals surface area contributed by atoms with E-state index in [9.17, 15) is 14.4 Å². The van der Waals surface area contributed by atoms with Crippen molar-refractivity contribution in [3.8, 4) is 22.6 Å². The number of carbonyl (C=O) groups is 2. The molecule has 4 aromatic rings. The van der Waals surface area contributed by atoms with E-state index < -0.39 is 11.2 Å². The fraction of sp³-hybridized carbons (Fsp3) is 0.296. The van der Waals surface area contributed by atoms with Crippen LogP contribution >= 0.6 is 0 Å². The van der Waals surface area contributed by atoms with Crippen molar-refractivity contribution in [1.82, 2.24) is 4.90 Å². The van der Waals surface area contributed by atoms with E-state index in [-0.39, 0.29) is 25.4 Å². The van der Waals surface area contributed by atoms with Gasteiger partial charge in [-0.05, 0) is 73.5 Å². The minimum absolute atomic E-state index is 0.124. The summed E-state index contributed by atoms with van der Waals surface area (Å²) in [6.45, 7) is 5.66. The molecule has 1 amide bonds. The van der Waals surface area contributed by atoms with Crippen molar-refractivity contribution >= 4 is 33.8 Å². The molecule has 0 unspecified atom stereocenters. The van der Waals surface area contributed by atoms with Crippen molar-refractivity contribution in [2.24, 2.45) is 5.41 Å². The monoisotopic (exact) mass is 489 g/mol. The van der Waals surface area contributed by atoms with Crippen molar-refractivity contribution < 1.29 is 32.6 Å². The molecule has 0 saturated heterocycles. The summed E-state index contributed by atoms with van der Waals surface area (Å²) < 4.78 is 27.1. The zero-order valence-electron chi connectivity index (χ0n) is 20.0. The lowest BCUT2D eigenvalue weighted by atomic mass is 9.85. The van der Waals surface area contributed by atoms with E-state index in [1.54, 1.807) is 39.0 Å². The Bertz CT molecular complexity index is 1620. The summed E-state index contributed by atoms with van der Waals surface area (Å²) in [5.74, 6) is -0.184. The molecule has 0 radical (unpaired) electrons. The summed E-state index contributed by atoms with van der Waals surface area (Å²) in [6.07, 6.45) is 0.506. The molecule has 2 aliphatic heterocycles. The van der Waals surface area contributed by atoms with Crippen LogP contribution in [0.1, 0.15) is 36.7 Å². The van der Waals surface area contributed by atoms with Crippen LogP contribution in [-0.2, 0) is 16.0 Å². The summed E-state index contributed by atoms with van der Waals surface area (Å²) in [4.78, 5) is 39.3. The Morgan fingerprint density at radius 3 is 2.64 bits per heavy atom. The van der Waals surface area contributed by atoms with E-state index in [2.05, 4.69) is 0 Å². The molecule has 2 aliphatic rings. The van der Waals surface area contributed by atoms with Gasteiger partial charge < -0.3 is 27.9 Å². The molecule has 9 heteroatoms. The van der Waals surface area contributed by atoms with E-state index in [1.165, 1.54) is 4.90 Å². The highest BCUT2D eigenvalue weighted by molar-refractivity contribution is 6.15. The lowest BCUT2D eigenvalue weighted by Gasteiger charge is -2.31. The van der Waals surface area contributed by atoms with Crippen LogP contribution in [0.2, 0.25) is 0 Å². The van der Waals surface area contributed by atoms with Crippen LogP contribution in [0.15, 0.2) is 50.0 Å². The van der Waals surface area contributed by atoms with E-state index >= 15 is 0 Å². The smallest absolute Gasteiger partial charge is 0.454 e. The number of fused-ring (bicyclic) bond motifs is 5. The molecule has 36 heavy (non-hydrogen) atoms. The molecule has 0 N–H and O–H groups in total. The Kier molecular flexibility index (Phi) is 4.86. The van der Waals surface area contributed by atoms with Crippen molar-refractivity contribution in [3.05, 3.63) is 58.1 Å². The Morgan fingerprint density at radius 2 is 1.83 bits per heavy atom. The highest BCUT2D eigenvalue weighted by atomic mass is 16.7. The number of hydrogen-bond donors (Lipinski definition) is 0. The molecular weight excluding hydrogens is 466 g/mol. The summed E-state index contributed by atoms with van der Waals surface area (Å²) in [5.41, 5.74) is 2.83. The normalized spacial score (nSPS) is 15.0. The van der Waals surface area contributed by atoms with Gasteiger partial charge in [-0.3, -0.25) is 9.59 Å². The van der Waals surface area contributed by atoms with Crippen molar-refractivity contribution in [3.63, 3.8) is 0 Å². The van der Waals surface area contributed by atoms with Gasteiger partial charge in [0.1, 0.15) is 0 Å². The molecule has 9 nitrogen and oxygen atoms in total. The summed E-state index contributed by atoms with van der Waals surface area (Å²) >= 11 is 0. The highest BCUT2D eigenvalue weighted by Crippen LogP contribution is 2.43. The quantitative estimate of drug-likeness (QED) is 0.388. The first-order valence-electron chi connectivity index (χ1n) is 11.6. The van der Waals surface area contributed by atoms with Crippen LogP contribution in [0.5, 0.6) is 11.5 Å². The molecule has 0 atom stereocenters. The van der Waals surface area contributed by atoms with Crippen LogP contribution in [0, 0.1) is 5.41 Å². The van der Waals surface area contributed by atoms with Gasteiger partial charge in [0.05, 0.1) is 5.41 Å². The number of hydrogen-bond acceptors (Lipinski definition) is 8. The van der Waals surface area contributed by atoms with Gasteiger partial charge in [-0.1, -0.05) is 12.1 Å². The molecule has 0 spiro atoms. The molecule has 0 aliphatic carbocycles. The number of rotatable bonds is 3. The topological polar surface area (TPSA) is 108 Å². The summed E-state index contributed by atoms with van der Waals surface area (Å²) in [5, 5.41) is 1.39. The van der Waals surface area contributed by atoms with E-state index in [0.717, 1.165) is 16.7 Å². The van der Waals surface area contributed by atoms with Crippen LogP contribution in [0.4, 0.5) is 0 Å². The maximum Gasteiger partial charge on any atom is 0.519 e. The van der Waals surface area contributed by atoms with Crippen molar-refractivity contribution in [2.45, 2.75) is 27.2 Å². The zero-order chi connectivity index (χ0) is 25.2. The van der Waals surface area contributed by atoms with Gasteiger partial charge in [0.15, 0.2) is 29.4 Å². The third kappa shape index (κ3) is 3.50. The first-order chi connectivity index (χ1) is 17.2. The van der Waals surface area contributed by atoms with E-state index in [4.69, 9.17) is 23.0 Å². The van der Waals surface area contributed by atoms with Crippen LogP contribution in [-0.4, -0.2) is 36.8 Å². The van der Waals surface area contributed by atoms with Crippen molar-refractivity contribution in [1.29, 1.82) is 0 Å². The predicted octanol–water partition coefficient (Wildman–Crippen LogP) is 4.48. The zero-order valence-corrected chi connectivity index (χ0v) is 20.0. The van der Waals surface area contributed by atoms with Gasteiger partial charge >= 0.3 is 11.8 Å². The lowest BCUT2D eigenvalue weighted by molar-refractivity contribution is -0.156. The largest absolute Gasteiger partial charge is 0.519 e. The SMILES string of the molecule is CC(C)(C)C(=O)OCN1CCc2c(cc3ccc4oc(=O)oc4c3c2-c2ccc3c(c2)OCO3)C1=O. The molecule has 3 heterocycles. The van der Waals surface area contributed by atoms with Gasteiger partial charge in [-0.15, -0.1) is 0 Å². The average Bonchev–Trinajstić information content (AvgIpc) is 3.46. The van der Waals surface area contributed by atoms with E-state index in [0.29, 0.717) is 52.0 Å². The minimum Gasteiger partial charge on any atom is -0.454 e. The van der Waals surface area contributed by atoms with Crippen LogP contribution < -0.4 is 15.3 Å². The van der Waals surface area contributed by atoms with Gasteiger partial charge in [0.2, 0.25) is 6.79 Å². The number of carbonyl (C=O) groups excluding carboxylic acids is 2. The standard InChI is InChI=1S/C27H23NO8/c1-27(2,3)25(30)32-12-28-9-8-16-17(24(28)29)10-14-5-7-19-23(36-26(31)35-19)22(14)21(16)15-4-6-18-20(11-15)34-13-33-18/h4-7,10-11H,8-9,12-13H2,1-3H3. The van der Waals surface area contributed by atoms with Gasteiger partial charge in [-0.25, -0.2) is 4.79 Å². The second-order valence-corrected chi connectivity index (χ2v) is 9.92. The first-order valence-corrected chi connectivity index (χ1v) is 11.6. The molecule has 1 aromatic heterocycles. The highest BCUT2D eigenvalue weighted by Gasteiger charge is 2.32. The Hall–Kier alpha value is -4.27. The van der Waals surface area contributed by atoms with Gasteiger partial charge in [-0.2, -0.15) is 0 Å². The third-order valence-corrected chi connectivity index (χ3v) is 6.48. The molecule has 6 rings (SSSR count). The Morgan fingerprint density at radius 1 is 1.03 bits per heavy atom. The number of esters is 1. The Labute approximate surface area is 205 Å². The number of nitrogens with zero attached hydrogens (tertiary/aromatic N) is 1. The molecule has 0 saturated carbocycles. The summed E-state index contributed by atoms with van der Waals surface area (Å²) in [6, 6.07) is 10.8. The van der Waals surface area contributed by atoms with Crippen LogP contribution in [0.3, 0.4) is 0 Å². The maximum atomic E-state index is 13.6. The molecule has 0 fully saturated rings. The van der Waals surface area contributed by atoms with E-state index in [1.807, 2.05) is 18.2 Å².